The van der Waals surface area contributed by atoms with Gasteiger partial charge in [0.15, 0.2) is 5.82 Å². The second-order valence-corrected chi connectivity index (χ2v) is 4.65. The average Bonchev–Trinajstić information content (AvgIpc) is 2.46. The molecule has 1 aliphatic heterocycles. The van der Waals surface area contributed by atoms with Crippen LogP contribution in [-0.4, -0.2) is 58.4 Å². The zero-order chi connectivity index (χ0) is 15.6. The molecule has 1 aromatic rings. The monoisotopic (exact) mass is 299 g/mol. The van der Waals surface area contributed by atoms with E-state index in [1.807, 2.05) is 0 Å². The molecule has 114 valence electrons. The fraction of sp³-hybridized carbons (Fsp3) is 0.417. The second kappa shape index (κ2) is 5.92. The van der Waals surface area contributed by atoms with Crippen molar-refractivity contribution in [3.8, 4) is 0 Å². The summed E-state index contributed by atoms with van der Waals surface area (Å²) in [6.45, 7) is 0.0665. The molecule has 0 unspecified atom stereocenters. The van der Waals surface area contributed by atoms with Crippen molar-refractivity contribution < 1.29 is 24.3 Å². The first kappa shape index (κ1) is 15.0. The van der Waals surface area contributed by atoms with Crippen LogP contribution in [0.5, 0.6) is 0 Å². The molecular formula is C12H14FN3O5. The topological polar surface area (TPSA) is 107 Å². The normalized spacial score (nSPS) is 18.7. The number of halogens is 1. The molecule has 0 aliphatic carbocycles. The van der Waals surface area contributed by atoms with E-state index in [9.17, 15) is 24.4 Å². The van der Waals surface area contributed by atoms with E-state index in [2.05, 4.69) is 0 Å². The number of nitro groups is 1. The third kappa shape index (κ3) is 3.02. The van der Waals surface area contributed by atoms with Crippen LogP contribution in [0.2, 0.25) is 0 Å². The van der Waals surface area contributed by atoms with Gasteiger partial charge < -0.3 is 20.0 Å². The standard InChI is InChI=1S/C12H14FN3O5/c13-10-5-8(16(20)21)1-2-11(10)15-4-3-14(12(18)19)6-9(15)7-17/h1-2,5,9,17H,3-4,6-7H2,(H,18,19)/t9-/m0/s1. The molecule has 21 heavy (non-hydrogen) atoms. The number of piperazine rings is 1. The average molecular weight is 299 g/mol. The Labute approximate surface area is 119 Å². The van der Waals surface area contributed by atoms with E-state index in [0.29, 0.717) is 0 Å². The predicted molar refractivity (Wildman–Crippen MR) is 70.9 cm³/mol. The van der Waals surface area contributed by atoms with Crippen molar-refractivity contribution in [1.29, 1.82) is 0 Å². The van der Waals surface area contributed by atoms with Crippen LogP contribution in [0.4, 0.5) is 20.6 Å². The molecule has 0 saturated carbocycles. The van der Waals surface area contributed by atoms with Crippen molar-refractivity contribution >= 4 is 17.5 Å². The van der Waals surface area contributed by atoms with Gasteiger partial charge in [0.25, 0.3) is 5.69 Å². The molecule has 1 heterocycles. The van der Waals surface area contributed by atoms with Crippen LogP contribution in [0.25, 0.3) is 0 Å². The van der Waals surface area contributed by atoms with Crippen LogP contribution in [0.3, 0.4) is 0 Å². The van der Waals surface area contributed by atoms with E-state index in [-0.39, 0.29) is 37.6 Å². The number of rotatable bonds is 3. The lowest BCUT2D eigenvalue weighted by atomic mass is 10.1. The molecule has 0 radical (unpaired) electrons. The third-order valence-electron chi connectivity index (χ3n) is 3.42. The summed E-state index contributed by atoms with van der Waals surface area (Å²) in [5, 5.41) is 28.9. The highest BCUT2D eigenvalue weighted by Crippen LogP contribution is 2.27. The zero-order valence-electron chi connectivity index (χ0n) is 11.0. The van der Waals surface area contributed by atoms with Gasteiger partial charge in [0, 0.05) is 25.7 Å². The van der Waals surface area contributed by atoms with Gasteiger partial charge in [0.05, 0.1) is 29.3 Å². The van der Waals surface area contributed by atoms with Gasteiger partial charge in [-0.2, -0.15) is 0 Å². The number of carbonyl (C=O) groups is 1. The minimum absolute atomic E-state index is 0.0439. The van der Waals surface area contributed by atoms with Gasteiger partial charge in [-0.05, 0) is 6.07 Å². The molecule has 1 amide bonds. The van der Waals surface area contributed by atoms with E-state index in [0.717, 1.165) is 11.0 Å². The Morgan fingerprint density at radius 1 is 1.48 bits per heavy atom. The van der Waals surface area contributed by atoms with Crippen molar-refractivity contribution in [2.75, 3.05) is 31.1 Å². The Hall–Kier alpha value is -2.42. The Bertz CT molecular complexity index is 568. The summed E-state index contributed by atoms with van der Waals surface area (Å²) in [4.78, 5) is 23.5. The maximum atomic E-state index is 14.0. The van der Waals surface area contributed by atoms with E-state index in [4.69, 9.17) is 5.11 Å². The fourth-order valence-electron chi connectivity index (χ4n) is 2.34. The lowest BCUT2D eigenvalue weighted by molar-refractivity contribution is -0.385. The van der Waals surface area contributed by atoms with Crippen LogP contribution in [0.15, 0.2) is 18.2 Å². The molecule has 0 spiro atoms. The largest absolute Gasteiger partial charge is 0.465 e. The van der Waals surface area contributed by atoms with Crippen LogP contribution in [0, 0.1) is 15.9 Å². The van der Waals surface area contributed by atoms with Crippen LogP contribution in [-0.2, 0) is 0 Å². The summed E-state index contributed by atoms with van der Waals surface area (Å²) in [6.07, 6.45) is -1.10. The minimum atomic E-state index is -1.10. The molecule has 2 N–H and O–H groups in total. The lowest BCUT2D eigenvalue weighted by Crippen LogP contribution is -2.56. The summed E-state index contributed by atoms with van der Waals surface area (Å²) in [5.41, 5.74) is -0.245. The number of benzene rings is 1. The lowest BCUT2D eigenvalue weighted by Gasteiger charge is -2.40. The zero-order valence-corrected chi connectivity index (χ0v) is 11.0. The molecule has 1 aliphatic rings. The Morgan fingerprint density at radius 2 is 2.19 bits per heavy atom. The number of hydrogen-bond donors (Lipinski definition) is 2. The highest BCUT2D eigenvalue weighted by molar-refractivity contribution is 5.66. The van der Waals surface area contributed by atoms with Crippen LogP contribution < -0.4 is 4.90 Å². The number of nitro benzene ring substituents is 1. The van der Waals surface area contributed by atoms with Crippen molar-refractivity contribution in [3.63, 3.8) is 0 Å². The van der Waals surface area contributed by atoms with Gasteiger partial charge in [-0.1, -0.05) is 0 Å². The van der Waals surface area contributed by atoms with Gasteiger partial charge in [-0.3, -0.25) is 10.1 Å². The van der Waals surface area contributed by atoms with Crippen LogP contribution >= 0.6 is 0 Å². The van der Waals surface area contributed by atoms with E-state index in [1.165, 1.54) is 17.0 Å². The highest BCUT2D eigenvalue weighted by atomic mass is 19.1. The number of aliphatic hydroxyl groups is 1. The van der Waals surface area contributed by atoms with E-state index >= 15 is 0 Å². The maximum absolute atomic E-state index is 14.0. The first-order chi connectivity index (χ1) is 9.93. The van der Waals surface area contributed by atoms with Gasteiger partial charge >= 0.3 is 6.09 Å². The SMILES string of the molecule is O=C(O)N1CCN(c2ccc([N+](=O)[O-])cc2F)[C@H](CO)C1. The van der Waals surface area contributed by atoms with Gasteiger partial charge in [0.1, 0.15) is 0 Å². The number of aliphatic hydroxyl groups excluding tert-OH is 1. The highest BCUT2D eigenvalue weighted by Gasteiger charge is 2.30. The number of anilines is 1. The molecule has 1 fully saturated rings. The number of carboxylic acid groups (broad SMARTS) is 1. The molecular weight excluding hydrogens is 285 g/mol. The Morgan fingerprint density at radius 3 is 2.71 bits per heavy atom. The minimum Gasteiger partial charge on any atom is -0.465 e. The number of hydrogen-bond acceptors (Lipinski definition) is 5. The number of amides is 1. The predicted octanol–water partition coefficient (Wildman–Crippen LogP) is 0.895. The molecule has 8 nitrogen and oxygen atoms in total. The maximum Gasteiger partial charge on any atom is 0.407 e. The van der Waals surface area contributed by atoms with Crippen LogP contribution in [0.1, 0.15) is 0 Å². The molecule has 1 saturated heterocycles. The van der Waals surface area contributed by atoms with Crippen molar-refractivity contribution in [2.24, 2.45) is 0 Å². The van der Waals surface area contributed by atoms with E-state index < -0.39 is 22.9 Å². The number of nitrogens with zero attached hydrogens (tertiary/aromatic N) is 3. The Balaban J connectivity index is 2.25. The summed E-state index contributed by atoms with van der Waals surface area (Å²) in [5.74, 6) is -0.772. The summed E-state index contributed by atoms with van der Waals surface area (Å²) in [6, 6.07) is 2.67. The summed E-state index contributed by atoms with van der Waals surface area (Å²) in [7, 11) is 0. The van der Waals surface area contributed by atoms with Gasteiger partial charge in [-0.15, -0.1) is 0 Å². The fourth-order valence-corrected chi connectivity index (χ4v) is 2.34. The third-order valence-corrected chi connectivity index (χ3v) is 3.42. The Kier molecular flexibility index (Phi) is 4.22. The molecule has 9 heteroatoms. The first-order valence-electron chi connectivity index (χ1n) is 6.23. The first-order valence-corrected chi connectivity index (χ1v) is 6.23. The molecule has 1 atom stereocenters. The summed E-state index contributed by atoms with van der Waals surface area (Å²) < 4.78 is 14.0. The summed E-state index contributed by atoms with van der Waals surface area (Å²) >= 11 is 0. The second-order valence-electron chi connectivity index (χ2n) is 4.65. The van der Waals surface area contributed by atoms with Crippen molar-refractivity contribution in [3.05, 3.63) is 34.1 Å². The van der Waals surface area contributed by atoms with Crippen molar-refractivity contribution in [1.82, 2.24) is 4.90 Å². The van der Waals surface area contributed by atoms with Gasteiger partial charge in [0.2, 0.25) is 0 Å². The smallest absolute Gasteiger partial charge is 0.407 e. The number of non-ortho nitro benzene ring substituents is 1. The van der Waals surface area contributed by atoms with E-state index in [1.54, 1.807) is 0 Å². The quantitative estimate of drug-likeness (QED) is 0.634. The molecule has 2 rings (SSSR count). The molecule has 1 aromatic carbocycles. The van der Waals surface area contributed by atoms with Gasteiger partial charge in [-0.25, -0.2) is 9.18 Å². The molecule has 0 aromatic heterocycles. The molecule has 0 bridgehead atoms. The van der Waals surface area contributed by atoms with Crippen molar-refractivity contribution in [2.45, 2.75) is 6.04 Å².